The molecule has 0 bridgehead atoms. The lowest BCUT2D eigenvalue weighted by Crippen LogP contribution is -2.28. The van der Waals surface area contributed by atoms with Gasteiger partial charge in [0.05, 0.1) is 5.41 Å². The van der Waals surface area contributed by atoms with Gasteiger partial charge in [-0.05, 0) is 145 Å². The number of rotatable bonds is 4. The maximum Gasteiger partial charge on any atom is 0.0713 e. The van der Waals surface area contributed by atoms with Gasteiger partial charge < -0.3 is 0 Å². The van der Waals surface area contributed by atoms with Crippen LogP contribution < -0.4 is 0 Å². The van der Waals surface area contributed by atoms with Gasteiger partial charge in [-0.2, -0.15) is 0 Å². The Hall–Kier alpha value is -7.80. The average Bonchev–Trinajstić information content (AvgIpc) is 3.90. The second-order valence-electron chi connectivity index (χ2n) is 20.2. The molecule has 0 N–H and O–H groups in total. The normalized spacial score (nSPS) is 15.2. The Balaban J connectivity index is 1.09. The van der Waals surface area contributed by atoms with E-state index in [4.69, 9.17) is 0 Å². The van der Waals surface area contributed by atoms with Crippen molar-refractivity contribution in [1.82, 2.24) is 0 Å². The number of fused-ring (bicyclic) bond motifs is 14. The van der Waals surface area contributed by atoms with Crippen molar-refractivity contribution < 1.29 is 0 Å². The van der Waals surface area contributed by atoms with Crippen LogP contribution in [0.5, 0.6) is 0 Å². The minimum absolute atomic E-state index is 0.118. The average molecular weight is 853 g/mol. The number of hydrogen-bond acceptors (Lipinski definition) is 0. The Kier molecular flexibility index (Phi) is 7.83. The molecule has 0 atom stereocenters. The second-order valence-corrected chi connectivity index (χ2v) is 20.2. The van der Waals surface area contributed by atoms with E-state index in [0.29, 0.717) is 0 Å². The summed E-state index contributed by atoms with van der Waals surface area (Å²) >= 11 is 0. The first-order valence-electron chi connectivity index (χ1n) is 23.9. The van der Waals surface area contributed by atoms with Gasteiger partial charge in [0.25, 0.3) is 0 Å². The molecule has 3 aliphatic rings. The van der Waals surface area contributed by atoms with Crippen LogP contribution in [-0.2, 0) is 16.2 Å². The zero-order valence-electron chi connectivity index (χ0n) is 38.3. The van der Waals surface area contributed by atoms with Crippen molar-refractivity contribution in [3.05, 3.63) is 263 Å². The quantitative estimate of drug-likeness (QED) is 0.155. The Labute approximate surface area is 392 Å². The van der Waals surface area contributed by atoms with E-state index in [1.807, 2.05) is 0 Å². The van der Waals surface area contributed by atoms with Gasteiger partial charge >= 0.3 is 0 Å². The maximum absolute atomic E-state index is 2.59. The first kappa shape index (κ1) is 38.5. The topological polar surface area (TPSA) is 0 Å². The molecule has 0 saturated carbocycles. The largest absolute Gasteiger partial charge is 0.0713 e. The monoisotopic (exact) mass is 852 g/mol. The van der Waals surface area contributed by atoms with E-state index in [1.54, 1.807) is 0 Å². The van der Waals surface area contributed by atoms with E-state index in [0.717, 1.165) is 0 Å². The van der Waals surface area contributed by atoms with Gasteiger partial charge in [-0.1, -0.05) is 234 Å². The van der Waals surface area contributed by atoms with Crippen molar-refractivity contribution >= 4 is 32.3 Å². The molecule has 3 aliphatic carbocycles. The molecule has 0 saturated heterocycles. The first-order chi connectivity index (χ1) is 32.8. The molecule has 0 heteroatoms. The minimum Gasteiger partial charge on any atom is -0.0622 e. The van der Waals surface area contributed by atoms with Crippen LogP contribution in [0.2, 0.25) is 0 Å². The Morgan fingerprint density at radius 1 is 0.254 bits per heavy atom. The Bertz CT molecular complexity index is 3790. The zero-order chi connectivity index (χ0) is 44.8. The van der Waals surface area contributed by atoms with Crippen LogP contribution in [0.15, 0.2) is 218 Å². The van der Waals surface area contributed by atoms with E-state index >= 15 is 0 Å². The van der Waals surface area contributed by atoms with Gasteiger partial charge in [-0.15, -0.1) is 0 Å². The van der Waals surface area contributed by atoms with E-state index in [9.17, 15) is 0 Å². The van der Waals surface area contributed by atoms with Crippen molar-refractivity contribution in [2.75, 3.05) is 0 Å². The molecule has 0 spiro atoms. The lowest BCUT2D eigenvalue weighted by Gasteiger charge is -2.34. The molecule has 0 amide bonds. The minimum atomic E-state index is -0.489. The molecule has 0 aromatic heterocycles. The third-order valence-electron chi connectivity index (χ3n) is 16.3. The van der Waals surface area contributed by atoms with Gasteiger partial charge in [0, 0.05) is 10.8 Å². The predicted molar refractivity (Wildman–Crippen MR) is 282 cm³/mol. The second kappa shape index (κ2) is 13.6. The van der Waals surface area contributed by atoms with Crippen LogP contribution in [0.4, 0.5) is 0 Å². The molecule has 316 valence electrons. The fraction of sp³-hybridized carbons (Fsp3) is 0.104. The third kappa shape index (κ3) is 4.92. The van der Waals surface area contributed by atoms with Crippen LogP contribution in [0, 0.1) is 0 Å². The zero-order valence-corrected chi connectivity index (χ0v) is 38.3. The molecule has 0 heterocycles. The highest BCUT2D eigenvalue weighted by Gasteiger charge is 2.47. The van der Waals surface area contributed by atoms with Crippen molar-refractivity contribution in [2.24, 2.45) is 0 Å². The molecule has 14 rings (SSSR count). The summed E-state index contributed by atoms with van der Waals surface area (Å²) in [5.41, 5.74) is 23.3. The molecule has 67 heavy (non-hydrogen) atoms. The molecule has 11 aromatic carbocycles. The standard InChI is InChI=1S/C67H48/c1-65(2)54-32-18-16-30-51(54)62-57(65)38-37-50-53(40-59-63(64(50)62)52-31-17-19-33-55(52)66(59,3)4)61-48-28-13-11-26-46(48)60(47-27-12-14-29-49(47)61)41-35-36-45-44-25-15-20-34-56(44)67(58(45)39-41,42-21-7-5-8-22-42)43-23-9-6-10-24-43/h5-40H,1-4H3. The fourth-order valence-corrected chi connectivity index (χ4v) is 13.4. The van der Waals surface area contributed by atoms with Crippen LogP contribution in [0.1, 0.15) is 72.2 Å². The Morgan fingerprint density at radius 3 is 1.28 bits per heavy atom. The summed E-state index contributed by atoms with van der Waals surface area (Å²) in [6.45, 7) is 9.69. The molecular weight excluding hydrogens is 805 g/mol. The number of hydrogen-bond donors (Lipinski definition) is 0. The van der Waals surface area contributed by atoms with Gasteiger partial charge in [0.15, 0.2) is 0 Å². The molecule has 11 aromatic rings. The van der Waals surface area contributed by atoms with Gasteiger partial charge in [-0.3, -0.25) is 0 Å². The summed E-state index contributed by atoms with van der Waals surface area (Å²) in [6.07, 6.45) is 0. The van der Waals surface area contributed by atoms with E-state index in [2.05, 4.69) is 246 Å². The Morgan fingerprint density at radius 2 is 0.701 bits per heavy atom. The molecule has 0 aliphatic heterocycles. The molecule has 0 radical (unpaired) electrons. The summed E-state index contributed by atoms with van der Waals surface area (Å²) in [5, 5.41) is 7.77. The van der Waals surface area contributed by atoms with Gasteiger partial charge in [0.2, 0.25) is 0 Å². The van der Waals surface area contributed by atoms with Crippen LogP contribution in [0.25, 0.3) is 88.0 Å². The third-order valence-corrected chi connectivity index (χ3v) is 16.3. The van der Waals surface area contributed by atoms with Crippen LogP contribution in [0.3, 0.4) is 0 Å². The summed E-state index contributed by atoms with van der Waals surface area (Å²) in [6, 6.07) is 83.0. The lowest BCUT2D eigenvalue weighted by atomic mass is 9.67. The summed E-state index contributed by atoms with van der Waals surface area (Å²) in [5.74, 6) is 0. The first-order valence-corrected chi connectivity index (χ1v) is 23.9. The summed E-state index contributed by atoms with van der Waals surface area (Å²) < 4.78 is 0. The van der Waals surface area contributed by atoms with Gasteiger partial charge in [-0.25, -0.2) is 0 Å². The van der Waals surface area contributed by atoms with Crippen molar-refractivity contribution in [3.63, 3.8) is 0 Å². The smallest absolute Gasteiger partial charge is 0.0622 e. The molecular formula is C67H48. The van der Waals surface area contributed by atoms with Gasteiger partial charge in [0.1, 0.15) is 0 Å². The molecule has 0 fully saturated rings. The van der Waals surface area contributed by atoms with E-state index in [1.165, 1.54) is 132 Å². The fourth-order valence-electron chi connectivity index (χ4n) is 13.4. The maximum atomic E-state index is 2.59. The lowest BCUT2D eigenvalue weighted by molar-refractivity contribution is 0.660. The molecule has 0 nitrogen and oxygen atoms in total. The number of benzene rings is 11. The summed E-state index contributed by atoms with van der Waals surface area (Å²) in [7, 11) is 0. The summed E-state index contributed by atoms with van der Waals surface area (Å²) in [4.78, 5) is 0. The van der Waals surface area contributed by atoms with Crippen LogP contribution in [-0.4, -0.2) is 0 Å². The van der Waals surface area contributed by atoms with Crippen molar-refractivity contribution in [1.29, 1.82) is 0 Å². The highest BCUT2D eigenvalue weighted by molar-refractivity contribution is 6.26. The molecule has 0 unspecified atom stereocenters. The SMILES string of the molecule is CC1(C)c2ccccc2-c2c1ccc1c(-c3c4ccccc4c(-c4ccc5c(c4)C(c4ccccc4)(c4ccccc4)c4ccccc4-5)c4ccccc34)cc3c(c21)-c1ccccc1C3(C)C. The highest BCUT2D eigenvalue weighted by atomic mass is 14.5. The van der Waals surface area contributed by atoms with Crippen molar-refractivity contribution in [2.45, 2.75) is 43.9 Å². The van der Waals surface area contributed by atoms with Crippen LogP contribution >= 0.6 is 0 Å². The predicted octanol–water partition coefficient (Wildman–Crippen LogP) is 17.5. The van der Waals surface area contributed by atoms with E-state index in [-0.39, 0.29) is 10.8 Å². The highest BCUT2D eigenvalue weighted by Crippen LogP contribution is 2.61. The van der Waals surface area contributed by atoms with Crippen molar-refractivity contribution in [3.8, 4) is 55.6 Å². The van der Waals surface area contributed by atoms with E-state index < -0.39 is 5.41 Å².